The molecule has 0 fully saturated rings. The number of furan rings is 1. The molecule has 0 bridgehead atoms. The summed E-state index contributed by atoms with van der Waals surface area (Å²) in [7, 11) is 0. The number of nitrogens with zero attached hydrogens (tertiary/aromatic N) is 2. The molecule has 0 aliphatic carbocycles. The van der Waals surface area contributed by atoms with Crippen molar-refractivity contribution in [1.29, 1.82) is 5.26 Å². The Hall–Kier alpha value is -3.32. The van der Waals surface area contributed by atoms with Gasteiger partial charge in [0.2, 0.25) is 5.88 Å². The van der Waals surface area contributed by atoms with Gasteiger partial charge in [0.25, 0.3) is 0 Å². The van der Waals surface area contributed by atoms with Crippen LogP contribution >= 0.6 is 0 Å². The molecule has 0 N–H and O–H groups in total. The minimum atomic E-state index is 0.341. The van der Waals surface area contributed by atoms with Gasteiger partial charge in [0.05, 0.1) is 0 Å². The second-order valence-electron chi connectivity index (χ2n) is 5.68. The maximum atomic E-state index is 9.23. The third kappa shape index (κ3) is 3.96. The second kappa shape index (κ2) is 7.50. The molecule has 1 heterocycles. The Morgan fingerprint density at radius 3 is 2.68 bits per heavy atom. The average Bonchev–Trinajstić information content (AvgIpc) is 2.93. The van der Waals surface area contributed by atoms with Crippen molar-refractivity contribution in [2.24, 2.45) is 4.99 Å². The van der Waals surface area contributed by atoms with Gasteiger partial charge < -0.3 is 9.15 Å². The Kier molecular flexibility index (Phi) is 4.96. The standard InChI is InChI=1S/C21H18N2O2/c1-15-16(2)25-21(20(15)12-22)23-13-18-9-6-10-19(11-18)24-14-17-7-4-3-5-8-17/h3-11,13H,14H2,1-2H3. The maximum Gasteiger partial charge on any atom is 0.237 e. The van der Waals surface area contributed by atoms with Crippen molar-refractivity contribution >= 4 is 12.1 Å². The maximum absolute atomic E-state index is 9.23. The minimum Gasteiger partial charge on any atom is -0.489 e. The molecule has 0 amide bonds. The summed E-state index contributed by atoms with van der Waals surface area (Å²) in [5, 5.41) is 9.23. The van der Waals surface area contributed by atoms with E-state index in [1.165, 1.54) is 0 Å². The van der Waals surface area contributed by atoms with Crippen molar-refractivity contribution in [1.82, 2.24) is 0 Å². The average molecular weight is 330 g/mol. The van der Waals surface area contributed by atoms with Gasteiger partial charge in [0, 0.05) is 11.8 Å². The summed E-state index contributed by atoms with van der Waals surface area (Å²) in [6.07, 6.45) is 1.67. The lowest BCUT2D eigenvalue weighted by atomic mass is 10.2. The first-order chi connectivity index (χ1) is 12.2. The zero-order valence-corrected chi connectivity index (χ0v) is 14.2. The molecular formula is C21H18N2O2. The van der Waals surface area contributed by atoms with Crippen LogP contribution in [-0.4, -0.2) is 6.21 Å². The number of aryl methyl sites for hydroxylation is 1. The lowest BCUT2D eigenvalue weighted by Crippen LogP contribution is -1.95. The van der Waals surface area contributed by atoms with E-state index in [9.17, 15) is 5.26 Å². The fourth-order valence-corrected chi connectivity index (χ4v) is 2.39. The largest absolute Gasteiger partial charge is 0.489 e. The molecule has 0 radical (unpaired) electrons. The third-order valence-corrected chi connectivity index (χ3v) is 3.92. The molecule has 0 unspecified atom stereocenters. The van der Waals surface area contributed by atoms with Crippen molar-refractivity contribution in [3.05, 3.63) is 82.6 Å². The normalized spacial score (nSPS) is 10.8. The molecule has 3 aromatic rings. The molecule has 0 saturated heterocycles. The van der Waals surface area contributed by atoms with Crippen LogP contribution in [0, 0.1) is 25.2 Å². The monoisotopic (exact) mass is 330 g/mol. The van der Waals surface area contributed by atoms with Crippen LogP contribution in [0.2, 0.25) is 0 Å². The van der Waals surface area contributed by atoms with Crippen LogP contribution in [-0.2, 0) is 6.61 Å². The predicted molar refractivity (Wildman–Crippen MR) is 97.4 cm³/mol. The summed E-state index contributed by atoms with van der Waals surface area (Å²) in [6.45, 7) is 4.19. The molecule has 3 rings (SSSR count). The van der Waals surface area contributed by atoms with Gasteiger partial charge in [-0.1, -0.05) is 42.5 Å². The molecule has 0 aliphatic heterocycles. The van der Waals surface area contributed by atoms with Crippen LogP contribution < -0.4 is 4.74 Å². The first-order valence-electron chi connectivity index (χ1n) is 7.98. The smallest absolute Gasteiger partial charge is 0.237 e. The van der Waals surface area contributed by atoms with Crippen LogP contribution in [0.4, 0.5) is 5.88 Å². The highest BCUT2D eigenvalue weighted by molar-refractivity contribution is 5.82. The number of ether oxygens (including phenoxy) is 1. The highest BCUT2D eigenvalue weighted by atomic mass is 16.5. The Bertz CT molecular complexity index is 934. The molecule has 4 nitrogen and oxygen atoms in total. The van der Waals surface area contributed by atoms with Crippen molar-refractivity contribution in [3.8, 4) is 11.8 Å². The van der Waals surface area contributed by atoms with E-state index in [0.717, 1.165) is 22.4 Å². The highest BCUT2D eigenvalue weighted by Gasteiger charge is 2.12. The van der Waals surface area contributed by atoms with E-state index < -0.39 is 0 Å². The van der Waals surface area contributed by atoms with E-state index in [4.69, 9.17) is 9.15 Å². The van der Waals surface area contributed by atoms with E-state index in [1.54, 1.807) is 6.21 Å². The highest BCUT2D eigenvalue weighted by Crippen LogP contribution is 2.27. The fourth-order valence-electron chi connectivity index (χ4n) is 2.39. The molecule has 124 valence electrons. The molecule has 0 saturated carbocycles. The molecule has 4 heteroatoms. The molecule has 0 atom stereocenters. The zero-order chi connectivity index (χ0) is 17.6. The molecule has 25 heavy (non-hydrogen) atoms. The number of benzene rings is 2. The summed E-state index contributed by atoms with van der Waals surface area (Å²) < 4.78 is 11.4. The Morgan fingerprint density at radius 1 is 1.12 bits per heavy atom. The van der Waals surface area contributed by atoms with Gasteiger partial charge in [-0.3, -0.25) is 0 Å². The number of nitriles is 1. The van der Waals surface area contributed by atoms with Crippen LogP contribution in [0.1, 0.15) is 28.0 Å². The van der Waals surface area contributed by atoms with E-state index in [-0.39, 0.29) is 0 Å². The second-order valence-corrected chi connectivity index (χ2v) is 5.68. The predicted octanol–water partition coefficient (Wildman–Crippen LogP) is 5.10. The van der Waals surface area contributed by atoms with Gasteiger partial charge >= 0.3 is 0 Å². The van der Waals surface area contributed by atoms with Crippen LogP contribution in [0.3, 0.4) is 0 Å². The quantitative estimate of drug-likeness (QED) is 0.612. The number of hydrogen-bond acceptors (Lipinski definition) is 4. The van der Waals surface area contributed by atoms with E-state index in [2.05, 4.69) is 11.1 Å². The van der Waals surface area contributed by atoms with E-state index in [1.807, 2.05) is 68.4 Å². The molecule has 0 spiro atoms. The van der Waals surface area contributed by atoms with E-state index in [0.29, 0.717) is 23.8 Å². The Balaban J connectivity index is 1.74. The third-order valence-electron chi connectivity index (χ3n) is 3.92. The van der Waals surface area contributed by atoms with Crippen molar-refractivity contribution in [3.63, 3.8) is 0 Å². The van der Waals surface area contributed by atoms with Gasteiger partial charge in [-0.25, -0.2) is 4.99 Å². The van der Waals surface area contributed by atoms with Crippen molar-refractivity contribution in [2.75, 3.05) is 0 Å². The Morgan fingerprint density at radius 2 is 1.92 bits per heavy atom. The van der Waals surface area contributed by atoms with Gasteiger partial charge in [0.15, 0.2) is 0 Å². The summed E-state index contributed by atoms with van der Waals surface area (Å²) >= 11 is 0. The molecular weight excluding hydrogens is 312 g/mol. The first kappa shape index (κ1) is 16.5. The molecule has 2 aromatic carbocycles. The lowest BCUT2D eigenvalue weighted by molar-refractivity contribution is 0.306. The van der Waals surface area contributed by atoms with Crippen LogP contribution in [0.15, 0.2) is 64.0 Å². The van der Waals surface area contributed by atoms with Crippen LogP contribution in [0.25, 0.3) is 0 Å². The lowest BCUT2D eigenvalue weighted by Gasteiger charge is -2.06. The van der Waals surface area contributed by atoms with Crippen LogP contribution in [0.5, 0.6) is 5.75 Å². The Labute approximate surface area is 147 Å². The van der Waals surface area contributed by atoms with Gasteiger partial charge in [-0.05, 0) is 37.1 Å². The number of aliphatic imine (C=N–C) groups is 1. The number of rotatable bonds is 5. The number of hydrogen-bond donors (Lipinski definition) is 0. The topological polar surface area (TPSA) is 58.5 Å². The van der Waals surface area contributed by atoms with Gasteiger partial charge in [-0.15, -0.1) is 0 Å². The van der Waals surface area contributed by atoms with Crippen molar-refractivity contribution < 1.29 is 9.15 Å². The van der Waals surface area contributed by atoms with E-state index >= 15 is 0 Å². The van der Waals surface area contributed by atoms with Gasteiger partial charge in [0.1, 0.15) is 29.7 Å². The summed E-state index contributed by atoms with van der Waals surface area (Å²) in [5.41, 5.74) is 3.29. The summed E-state index contributed by atoms with van der Waals surface area (Å²) in [4.78, 5) is 4.32. The SMILES string of the molecule is Cc1oc(N=Cc2cccc(OCc3ccccc3)c2)c(C#N)c1C. The van der Waals surface area contributed by atoms with Gasteiger partial charge in [-0.2, -0.15) is 5.26 Å². The summed E-state index contributed by atoms with van der Waals surface area (Å²) in [6, 6.07) is 19.8. The van der Waals surface area contributed by atoms with Crippen molar-refractivity contribution in [2.45, 2.75) is 20.5 Å². The molecule has 1 aromatic heterocycles. The first-order valence-corrected chi connectivity index (χ1v) is 7.98. The minimum absolute atomic E-state index is 0.341. The summed E-state index contributed by atoms with van der Waals surface area (Å²) in [5.74, 6) is 1.82. The fraction of sp³-hybridized carbons (Fsp3) is 0.143. The molecule has 0 aliphatic rings. The zero-order valence-electron chi connectivity index (χ0n) is 14.2.